The first-order valence-electron chi connectivity index (χ1n) is 6.13. The molecular weight excluding hydrogens is 264 g/mol. The number of carbonyl (C=O) groups is 1. The molecule has 1 N–H and O–H groups in total. The van der Waals surface area contributed by atoms with E-state index in [9.17, 15) is 4.79 Å². The third-order valence-electron chi connectivity index (χ3n) is 2.84. The van der Waals surface area contributed by atoms with Crippen molar-refractivity contribution in [3.8, 4) is 11.3 Å². The van der Waals surface area contributed by atoms with E-state index < -0.39 is 0 Å². The maximum atomic E-state index is 11.9. The zero-order valence-electron chi connectivity index (χ0n) is 10.8. The summed E-state index contributed by atoms with van der Waals surface area (Å²) >= 11 is 5.91. The van der Waals surface area contributed by atoms with E-state index in [1.54, 1.807) is 18.2 Å². The number of nitrogens with zero attached hydrogens (tertiary/aromatic N) is 1. The van der Waals surface area contributed by atoms with Gasteiger partial charge in [0.05, 0.1) is 0 Å². The molecule has 4 nitrogen and oxygen atoms in total. The highest BCUT2D eigenvalue weighted by molar-refractivity contribution is 6.30. The predicted molar refractivity (Wildman–Crippen MR) is 74.2 cm³/mol. The molecule has 5 heteroatoms. The zero-order chi connectivity index (χ0) is 13.8. The van der Waals surface area contributed by atoms with Crippen molar-refractivity contribution in [2.75, 3.05) is 0 Å². The lowest BCUT2D eigenvalue weighted by Gasteiger charge is -2.08. The zero-order valence-corrected chi connectivity index (χ0v) is 11.6. The van der Waals surface area contributed by atoms with Gasteiger partial charge >= 0.3 is 0 Å². The summed E-state index contributed by atoms with van der Waals surface area (Å²) in [5, 5.41) is 7.22. The van der Waals surface area contributed by atoms with Crippen LogP contribution in [0.15, 0.2) is 34.9 Å². The van der Waals surface area contributed by atoms with Crippen LogP contribution in [0.2, 0.25) is 5.02 Å². The van der Waals surface area contributed by atoms with Crippen molar-refractivity contribution >= 4 is 17.5 Å². The number of rotatable bonds is 4. The fraction of sp³-hybridized carbons (Fsp3) is 0.286. The van der Waals surface area contributed by atoms with Gasteiger partial charge in [0, 0.05) is 22.7 Å². The van der Waals surface area contributed by atoms with Gasteiger partial charge in [0.1, 0.15) is 0 Å². The Morgan fingerprint density at radius 1 is 1.47 bits per heavy atom. The SMILES string of the molecule is CC[C@@H](C)NC(=O)c1cc(-c2cccc(Cl)c2)on1. The van der Waals surface area contributed by atoms with Crippen molar-refractivity contribution in [3.05, 3.63) is 41.0 Å². The Morgan fingerprint density at radius 3 is 2.95 bits per heavy atom. The molecule has 0 aliphatic carbocycles. The lowest BCUT2D eigenvalue weighted by Crippen LogP contribution is -2.32. The van der Waals surface area contributed by atoms with Gasteiger partial charge in [0.25, 0.3) is 5.91 Å². The summed E-state index contributed by atoms with van der Waals surface area (Å²) in [4.78, 5) is 11.9. The second-order valence-corrected chi connectivity index (χ2v) is 4.81. The molecule has 2 rings (SSSR count). The largest absolute Gasteiger partial charge is 0.355 e. The van der Waals surface area contributed by atoms with Crippen molar-refractivity contribution in [1.29, 1.82) is 0 Å². The summed E-state index contributed by atoms with van der Waals surface area (Å²) in [6.07, 6.45) is 0.866. The van der Waals surface area contributed by atoms with Crippen molar-refractivity contribution in [3.63, 3.8) is 0 Å². The van der Waals surface area contributed by atoms with Crippen LogP contribution in [0.4, 0.5) is 0 Å². The van der Waals surface area contributed by atoms with Crippen LogP contribution >= 0.6 is 11.6 Å². The fourth-order valence-electron chi connectivity index (χ4n) is 1.56. The number of halogens is 1. The molecule has 1 aromatic carbocycles. The number of amides is 1. The number of nitrogens with one attached hydrogen (secondary N) is 1. The second kappa shape index (κ2) is 5.89. The Morgan fingerprint density at radius 2 is 2.26 bits per heavy atom. The van der Waals surface area contributed by atoms with Gasteiger partial charge in [-0.2, -0.15) is 0 Å². The Labute approximate surface area is 116 Å². The maximum Gasteiger partial charge on any atom is 0.273 e. The van der Waals surface area contributed by atoms with Crippen molar-refractivity contribution in [2.24, 2.45) is 0 Å². The minimum atomic E-state index is -0.230. The Balaban J connectivity index is 2.17. The van der Waals surface area contributed by atoms with Crippen LogP contribution in [0.3, 0.4) is 0 Å². The molecule has 1 amide bonds. The molecule has 1 heterocycles. The number of hydrogen-bond donors (Lipinski definition) is 1. The lowest BCUT2D eigenvalue weighted by molar-refractivity contribution is 0.0930. The third-order valence-corrected chi connectivity index (χ3v) is 3.08. The topological polar surface area (TPSA) is 55.1 Å². The standard InChI is InChI=1S/C14H15ClN2O2/c1-3-9(2)16-14(18)12-8-13(19-17-12)10-5-4-6-11(15)7-10/h4-9H,3H2,1-2H3,(H,16,18)/t9-/m1/s1. The van der Waals surface area contributed by atoms with Crippen LogP contribution < -0.4 is 5.32 Å². The number of benzene rings is 1. The minimum absolute atomic E-state index is 0.110. The second-order valence-electron chi connectivity index (χ2n) is 4.37. The van der Waals surface area contributed by atoms with Crippen LogP contribution in [-0.2, 0) is 0 Å². The van der Waals surface area contributed by atoms with E-state index in [4.69, 9.17) is 16.1 Å². The van der Waals surface area contributed by atoms with Gasteiger partial charge in [-0.25, -0.2) is 0 Å². The van der Waals surface area contributed by atoms with Gasteiger partial charge in [-0.3, -0.25) is 4.79 Å². The summed E-state index contributed by atoms with van der Waals surface area (Å²) in [5.41, 5.74) is 1.07. The average Bonchev–Trinajstić information content (AvgIpc) is 2.88. The Hall–Kier alpha value is -1.81. The van der Waals surface area contributed by atoms with Crippen molar-refractivity contribution in [2.45, 2.75) is 26.3 Å². The first-order chi connectivity index (χ1) is 9.10. The molecule has 19 heavy (non-hydrogen) atoms. The van der Waals surface area contributed by atoms with Crippen LogP contribution in [0.5, 0.6) is 0 Å². The first kappa shape index (κ1) is 13.6. The molecule has 0 spiro atoms. The highest BCUT2D eigenvalue weighted by atomic mass is 35.5. The van der Waals surface area contributed by atoms with Crippen LogP contribution in [0.1, 0.15) is 30.8 Å². The minimum Gasteiger partial charge on any atom is -0.355 e. The molecule has 0 saturated carbocycles. The molecule has 2 aromatic rings. The molecule has 0 aliphatic heterocycles. The molecule has 0 bridgehead atoms. The normalized spacial score (nSPS) is 12.2. The van der Waals surface area contributed by atoms with Crippen LogP contribution in [-0.4, -0.2) is 17.1 Å². The summed E-state index contributed by atoms with van der Waals surface area (Å²) in [7, 11) is 0. The average molecular weight is 279 g/mol. The van der Waals surface area contributed by atoms with E-state index in [1.807, 2.05) is 26.0 Å². The van der Waals surface area contributed by atoms with Crippen LogP contribution in [0.25, 0.3) is 11.3 Å². The van der Waals surface area contributed by atoms with Gasteiger partial charge < -0.3 is 9.84 Å². The molecule has 0 saturated heterocycles. The van der Waals surface area contributed by atoms with Crippen molar-refractivity contribution in [1.82, 2.24) is 10.5 Å². The van der Waals surface area contributed by atoms with Gasteiger partial charge in [0.15, 0.2) is 11.5 Å². The van der Waals surface area contributed by atoms with E-state index >= 15 is 0 Å². The fourth-order valence-corrected chi connectivity index (χ4v) is 1.75. The highest BCUT2D eigenvalue weighted by Gasteiger charge is 2.15. The number of hydrogen-bond acceptors (Lipinski definition) is 3. The molecule has 0 aliphatic rings. The molecule has 1 aromatic heterocycles. The summed E-state index contributed by atoms with van der Waals surface area (Å²) in [6, 6.07) is 8.93. The maximum absolute atomic E-state index is 11.9. The Bertz CT molecular complexity index is 580. The molecule has 0 radical (unpaired) electrons. The summed E-state index contributed by atoms with van der Waals surface area (Å²) in [5.74, 6) is 0.295. The molecule has 0 unspecified atom stereocenters. The van der Waals surface area contributed by atoms with Gasteiger partial charge in [0.2, 0.25) is 0 Å². The number of aromatic nitrogens is 1. The lowest BCUT2D eigenvalue weighted by atomic mass is 10.1. The van der Waals surface area contributed by atoms with Gasteiger partial charge in [-0.15, -0.1) is 0 Å². The smallest absolute Gasteiger partial charge is 0.273 e. The number of carbonyl (C=O) groups excluding carboxylic acids is 1. The van der Waals surface area contributed by atoms with Gasteiger partial charge in [-0.05, 0) is 25.5 Å². The summed E-state index contributed by atoms with van der Waals surface area (Å²) in [6.45, 7) is 3.95. The first-order valence-corrected chi connectivity index (χ1v) is 6.51. The molecule has 1 atom stereocenters. The monoisotopic (exact) mass is 278 g/mol. The van der Waals surface area contributed by atoms with E-state index in [0.29, 0.717) is 10.8 Å². The van der Waals surface area contributed by atoms with E-state index in [1.165, 1.54) is 0 Å². The van der Waals surface area contributed by atoms with E-state index in [-0.39, 0.29) is 17.6 Å². The van der Waals surface area contributed by atoms with E-state index in [0.717, 1.165) is 12.0 Å². The van der Waals surface area contributed by atoms with Crippen LogP contribution in [0, 0.1) is 0 Å². The highest BCUT2D eigenvalue weighted by Crippen LogP contribution is 2.23. The quantitative estimate of drug-likeness (QED) is 0.931. The Kier molecular flexibility index (Phi) is 4.22. The predicted octanol–water partition coefficient (Wildman–Crippen LogP) is 3.52. The van der Waals surface area contributed by atoms with Crippen molar-refractivity contribution < 1.29 is 9.32 Å². The summed E-state index contributed by atoms with van der Waals surface area (Å²) < 4.78 is 5.17. The molecular formula is C14H15ClN2O2. The molecule has 100 valence electrons. The van der Waals surface area contributed by atoms with E-state index in [2.05, 4.69) is 10.5 Å². The van der Waals surface area contributed by atoms with Gasteiger partial charge in [-0.1, -0.05) is 35.8 Å². The molecule has 0 fully saturated rings. The third kappa shape index (κ3) is 3.35.